The Balaban J connectivity index is 4.63. The minimum atomic E-state index is -0.733. The van der Waals surface area contributed by atoms with Crippen LogP contribution in [0.3, 0.4) is 0 Å². The molecule has 0 saturated carbocycles. The fraction of sp³-hybridized carbons (Fsp3) is 0.769. The molecule has 4 N–H and O–H groups in total. The molecule has 0 aliphatic heterocycles. The van der Waals surface area contributed by atoms with E-state index >= 15 is 0 Å². The number of nitrogens with one attached hydrogen (secondary N) is 1. The average Bonchev–Trinajstić information content (AvgIpc) is 2.35. The highest BCUT2D eigenvalue weighted by atomic mass is 16.4. The first kappa shape index (κ1) is 18.2. The van der Waals surface area contributed by atoms with Gasteiger partial charge in [-0.1, -0.05) is 32.9 Å². The van der Waals surface area contributed by atoms with E-state index in [0.717, 1.165) is 0 Å². The lowest BCUT2D eigenvalue weighted by Gasteiger charge is -2.25. The summed E-state index contributed by atoms with van der Waals surface area (Å²) in [5, 5.41) is 14.4. The number of likely N-dealkylation sites (N-methyl/N-ethyl adjacent to an activating group) is 1. The molecule has 2 amide bonds. The lowest BCUT2D eigenvalue weighted by Crippen LogP contribution is -2.46. The molecule has 0 bridgehead atoms. The standard InChI is InChI=1S/C13H26N4O3/c1-8(2)6-15-10(18)7-17(5)13(19)11(9(3)4)12(14)16-20/h8-9,11,20H,6-7H2,1-5H3,(H2,14,16)(H,15,18). The number of carbonyl (C=O) groups excluding carboxylic acids is 2. The summed E-state index contributed by atoms with van der Waals surface area (Å²) in [4.78, 5) is 25.2. The van der Waals surface area contributed by atoms with E-state index in [2.05, 4.69) is 10.5 Å². The van der Waals surface area contributed by atoms with Crippen molar-refractivity contribution in [1.82, 2.24) is 10.2 Å². The van der Waals surface area contributed by atoms with Crippen LogP contribution in [0, 0.1) is 17.8 Å². The van der Waals surface area contributed by atoms with Gasteiger partial charge in [0.15, 0.2) is 5.84 Å². The SMILES string of the molecule is CC(C)CNC(=O)CN(C)C(=O)C(C(N)=NO)C(C)C. The van der Waals surface area contributed by atoms with Crippen molar-refractivity contribution in [1.29, 1.82) is 0 Å². The van der Waals surface area contributed by atoms with Gasteiger partial charge in [0.2, 0.25) is 11.8 Å². The van der Waals surface area contributed by atoms with Gasteiger partial charge in [0.05, 0.1) is 6.54 Å². The predicted octanol–water partition coefficient (Wildman–Crippen LogP) is 0.236. The van der Waals surface area contributed by atoms with Gasteiger partial charge in [0.25, 0.3) is 0 Å². The molecule has 0 aromatic rings. The van der Waals surface area contributed by atoms with Gasteiger partial charge in [-0.3, -0.25) is 9.59 Å². The zero-order valence-electron chi connectivity index (χ0n) is 12.9. The molecule has 1 unspecified atom stereocenters. The van der Waals surface area contributed by atoms with Gasteiger partial charge in [-0.15, -0.1) is 0 Å². The van der Waals surface area contributed by atoms with Gasteiger partial charge in [-0.25, -0.2) is 0 Å². The van der Waals surface area contributed by atoms with E-state index in [-0.39, 0.29) is 30.1 Å². The van der Waals surface area contributed by atoms with E-state index in [1.807, 2.05) is 13.8 Å². The molecule has 116 valence electrons. The molecule has 0 aliphatic carbocycles. The van der Waals surface area contributed by atoms with Crippen molar-refractivity contribution in [3.05, 3.63) is 0 Å². The molecule has 0 aromatic carbocycles. The quantitative estimate of drug-likeness (QED) is 0.269. The largest absolute Gasteiger partial charge is 0.409 e. The maximum absolute atomic E-state index is 12.2. The van der Waals surface area contributed by atoms with Crippen molar-refractivity contribution < 1.29 is 14.8 Å². The number of amides is 2. The van der Waals surface area contributed by atoms with E-state index in [4.69, 9.17) is 10.9 Å². The van der Waals surface area contributed by atoms with Crippen LogP contribution in [0.5, 0.6) is 0 Å². The Bertz CT molecular complexity index is 367. The molecule has 20 heavy (non-hydrogen) atoms. The summed E-state index contributed by atoms with van der Waals surface area (Å²) in [5.41, 5.74) is 5.54. The number of hydrogen-bond acceptors (Lipinski definition) is 4. The molecule has 7 nitrogen and oxygen atoms in total. The van der Waals surface area contributed by atoms with E-state index in [0.29, 0.717) is 12.5 Å². The first-order chi connectivity index (χ1) is 9.20. The summed E-state index contributed by atoms with van der Waals surface area (Å²) in [6, 6.07) is 0. The van der Waals surface area contributed by atoms with Gasteiger partial charge in [0, 0.05) is 13.6 Å². The Morgan fingerprint density at radius 1 is 1.30 bits per heavy atom. The minimum Gasteiger partial charge on any atom is -0.409 e. The van der Waals surface area contributed by atoms with Crippen LogP contribution in [-0.4, -0.2) is 47.9 Å². The highest BCUT2D eigenvalue weighted by Gasteiger charge is 2.30. The Hall–Kier alpha value is -1.79. The number of oxime groups is 1. The van der Waals surface area contributed by atoms with E-state index in [9.17, 15) is 9.59 Å². The second-order valence-electron chi connectivity index (χ2n) is 5.64. The van der Waals surface area contributed by atoms with Crippen molar-refractivity contribution >= 4 is 17.6 Å². The average molecular weight is 286 g/mol. The van der Waals surface area contributed by atoms with Gasteiger partial charge < -0.3 is 21.2 Å². The van der Waals surface area contributed by atoms with Crippen LogP contribution in [0.25, 0.3) is 0 Å². The molecule has 7 heteroatoms. The summed E-state index contributed by atoms with van der Waals surface area (Å²) in [7, 11) is 1.53. The van der Waals surface area contributed by atoms with Gasteiger partial charge in [0.1, 0.15) is 5.92 Å². The van der Waals surface area contributed by atoms with Crippen LogP contribution in [-0.2, 0) is 9.59 Å². The lowest BCUT2D eigenvalue weighted by molar-refractivity contribution is -0.137. The molecule has 0 fully saturated rings. The molecular weight excluding hydrogens is 260 g/mol. The fourth-order valence-electron chi connectivity index (χ4n) is 1.72. The van der Waals surface area contributed by atoms with E-state index < -0.39 is 5.92 Å². The molecule has 0 heterocycles. The molecule has 1 atom stereocenters. The van der Waals surface area contributed by atoms with Crippen LogP contribution in [0.4, 0.5) is 0 Å². The molecule has 0 rings (SSSR count). The molecule has 0 aromatic heterocycles. The van der Waals surface area contributed by atoms with Gasteiger partial charge in [-0.2, -0.15) is 0 Å². The zero-order chi connectivity index (χ0) is 15.9. The number of nitrogens with zero attached hydrogens (tertiary/aromatic N) is 2. The molecule has 0 radical (unpaired) electrons. The Morgan fingerprint density at radius 2 is 1.85 bits per heavy atom. The number of nitrogens with two attached hydrogens (primary N) is 1. The van der Waals surface area contributed by atoms with Crippen molar-refractivity contribution in [2.45, 2.75) is 27.7 Å². The Morgan fingerprint density at radius 3 is 2.25 bits per heavy atom. The van der Waals surface area contributed by atoms with Crippen molar-refractivity contribution in [2.24, 2.45) is 28.6 Å². The van der Waals surface area contributed by atoms with Crippen LogP contribution in [0.2, 0.25) is 0 Å². The third-order valence-electron chi connectivity index (χ3n) is 2.83. The lowest BCUT2D eigenvalue weighted by atomic mass is 9.93. The number of amidine groups is 1. The second kappa shape index (κ2) is 8.39. The Labute approximate surface area is 120 Å². The van der Waals surface area contributed by atoms with Crippen LogP contribution < -0.4 is 11.1 Å². The van der Waals surface area contributed by atoms with Crippen molar-refractivity contribution in [3.8, 4) is 0 Å². The maximum atomic E-state index is 12.2. The molecule has 0 spiro atoms. The van der Waals surface area contributed by atoms with Gasteiger partial charge in [-0.05, 0) is 11.8 Å². The van der Waals surface area contributed by atoms with Crippen LogP contribution in [0.15, 0.2) is 5.16 Å². The summed E-state index contributed by atoms with van der Waals surface area (Å²) in [6.07, 6.45) is 0. The summed E-state index contributed by atoms with van der Waals surface area (Å²) >= 11 is 0. The van der Waals surface area contributed by atoms with Gasteiger partial charge >= 0.3 is 0 Å². The van der Waals surface area contributed by atoms with E-state index in [1.165, 1.54) is 11.9 Å². The molecule has 0 aliphatic rings. The zero-order valence-corrected chi connectivity index (χ0v) is 12.9. The topological polar surface area (TPSA) is 108 Å². The smallest absolute Gasteiger partial charge is 0.239 e. The Kier molecular flexibility index (Phi) is 7.64. The first-order valence-electron chi connectivity index (χ1n) is 6.69. The van der Waals surface area contributed by atoms with Crippen molar-refractivity contribution in [3.63, 3.8) is 0 Å². The number of hydrogen-bond donors (Lipinski definition) is 3. The normalized spacial score (nSPS) is 13.4. The number of rotatable bonds is 7. The van der Waals surface area contributed by atoms with Crippen LogP contribution in [0.1, 0.15) is 27.7 Å². The highest BCUT2D eigenvalue weighted by molar-refractivity contribution is 6.03. The minimum absolute atomic E-state index is 0.0481. The maximum Gasteiger partial charge on any atom is 0.239 e. The number of carbonyl (C=O) groups is 2. The monoisotopic (exact) mass is 286 g/mol. The van der Waals surface area contributed by atoms with E-state index in [1.54, 1.807) is 13.8 Å². The van der Waals surface area contributed by atoms with Crippen molar-refractivity contribution in [2.75, 3.05) is 20.1 Å². The fourth-order valence-corrected chi connectivity index (χ4v) is 1.72. The third kappa shape index (κ3) is 5.90. The second-order valence-corrected chi connectivity index (χ2v) is 5.64. The summed E-state index contributed by atoms with van der Waals surface area (Å²) < 4.78 is 0. The highest BCUT2D eigenvalue weighted by Crippen LogP contribution is 2.14. The predicted molar refractivity (Wildman–Crippen MR) is 77.2 cm³/mol. The summed E-state index contributed by atoms with van der Waals surface area (Å²) in [6.45, 7) is 8.09. The first-order valence-corrected chi connectivity index (χ1v) is 6.69. The van der Waals surface area contributed by atoms with Crippen LogP contribution >= 0.6 is 0 Å². The molecule has 0 saturated heterocycles. The third-order valence-corrected chi connectivity index (χ3v) is 2.83. The summed E-state index contributed by atoms with van der Waals surface area (Å²) in [5.74, 6) is -1.21. The molecular formula is C13H26N4O3.